The topological polar surface area (TPSA) is 64.9 Å². The molecule has 0 saturated heterocycles. The van der Waals surface area contributed by atoms with Crippen molar-refractivity contribution in [1.29, 1.82) is 0 Å². The summed E-state index contributed by atoms with van der Waals surface area (Å²) in [5, 5.41) is 3.55. The monoisotopic (exact) mass is 265 g/mol. The minimum absolute atomic E-state index is 0.168. The predicted molar refractivity (Wildman–Crippen MR) is 61.1 cm³/mol. The van der Waals surface area contributed by atoms with Crippen molar-refractivity contribution in [3.63, 3.8) is 0 Å². The second kappa shape index (κ2) is 4.07. The molecule has 5 heteroatoms. The van der Waals surface area contributed by atoms with Gasteiger partial charge in [-0.15, -0.1) is 0 Å². The third-order valence-electron chi connectivity index (χ3n) is 2.13. The number of rotatable bonds is 2. The van der Waals surface area contributed by atoms with Crippen LogP contribution < -0.4 is 5.73 Å². The molecular formula is C10H12AsN3O. The first-order valence-electron chi connectivity index (χ1n) is 4.62. The zero-order chi connectivity index (χ0) is 10.8. The molecule has 0 fully saturated rings. The molecule has 2 atom stereocenters. The Morgan fingerprint density at radius 1 is 1.33 bits per heavy atom. The second-order valence-corrected chi connectivity index (χ2v) is 5.47. The van der Waals surface area contributed by atoms with E-state index in [1.54, 1.807) is 16.9 Å². The Balaban J connectivity index is 2.31. The number of nitrogen functional groups attached to an aromatic ring is 1. The molecule has 0 aliphatic heterocycles. The van der Waals surface area contributed by atoms with Gasteiger partial charge in [-0.05, 0) is 0 Å². The second-order valence-electron chi connectivity index (χ2n) is 3.37. The van der Waals surface area contributed by atoms with Gasteiger partial charge >= 0.3 is 96.1 Å². The number of aromatic nitrogens is 2. The molecule has 0 spiro atoms. The van der Waals surface area contributed by atoms with Gasteiger partial charge < -0.3 is 0 Å². The van der Waals surface area contributed by atoms with Gasteiger partial charge in [0.25, 0.3) is 0 Å². The van der Waals surface area contributed by atoms with Crippen LogP contribution in [0.25, 0.3) is 11.5 Å². The molecule has 4 nitrogen and oxygen atoms in total. The normalized spacial score (nSPS) is 12.7. The van der Waals surface area contributed by atoms with E-state index in [4.69, 9.17) is 10.3 Å². The van der Waals surface area contributed by atoms with E-state index >= 15 is 0 Å². The molecule has 2 unspecified atom stereocenters. The fourth-order valence-electron chi connectivity index (χ4n) is 1.28. The summed E-state index contributed by atoms with van der Waals surface area (Å²) in [6.45, 7) is 2.18. The molecule has 1 heterocycles. The van der Waals surface area contributed by atoms with Crippen molar-refractivity contribution in [3.05, 3.63) is 29.8 Å². The van der Waals surface area contributed by atoms with Gasteiger partial charge in [-0.1, -0.05) is 0 Å². The summed E-state index contributed by atoms with van der Waals surface area (Å²) in [7, 11) is 0. The van der Waals surface area contributed by atoms with Crippen LogP contribution in [-0.4, -0.2) is 27.0 Å². The molecule has 0 saturated carbocycles. The molecule has 78 valence electrons. The predicted octanol–water partition coefficient (Wildman–Crippen LogP) is 1.01. The molecule has 0 radical (unpaired) electrons. The summed E-state index contributed by atoms with van der Waals surface area (Å²) in [5.41, 5.74) is 7.59. The zero-order valence-corrected chi connectivity index (χ0v) is 10.8. The van der Waals surface area contributed by atoms with Crippen LogP contribution >= 0.6 is 0 Å². The number of hydrogen-bond acceptors (Lipinski definition) is 4. The summed E-state index contributed by atoms with van der Waals surface area (Å²) in [6.07, 6.45) is 0. The first-order valence-corrected chi connectivity index (χ1v) is 6.02. The van der Waals surface area contributed by atoms with Gasteiger partial charge in [0.2, 0.25) is 0 Å². The SMILES string of the molecule is CC([AsH2])c1ccc(-c2nc(N)no2)cc1. The number of nitrogens with zero attached hydrogens (tertiary/aromatic N) is 2. The third-order valence-corrected chi connectivity index (χ3v) is 2.93. The summed E-state index contributed by atoms with van der Waals surface area (Å²) in [5.74, 6) is 0.634. The van der Waals surface area contributed by atoms with E-state index in [0.717, 1.165) is 5.56 Å². The van der Waals surface area contributed by atoms with Gasteiger partial charge in [0, 0.05) is 0 Å². The molecule has 0 amide bonds. The van der Waals surface area contributed by atoms with E-state index in [-0.39, 0.29) is 5.95 Å². The van der Waals surface area contributed by atoms with Crippen molar-refractivity contribution in [2.75, 3.05) is 5.73 Å². The van der Waals surface area contributed by atoms with Crippen LogP contribution in [0.3, 0.4) is 0 Å². The van der Waals surface area contributed by atoms with Gasteiger partial charge in [-0.25, -0.2) is 0 Å². The summed E-state index contributed by atoms with van der Waals surface area (Å²) >= 11 is 1.70. The molecular weight excluding hydrogens is 253 g/mol. The van der Waals surface area contributed by atoms with Crippen molar-refractivity contribution in [2.45, 2.75) is 11.6 Å². The van der Waals surface area contributed by atoms with Gasteiger partial charge in [-0.2, -0.15) is 0 Å². The zero-order valence-electron chi connectivity index (χ0n) is 8.34. The molecule has 0 bridgehead atoms. The molecule has 0 aliphatic rings. The summed E-state index contributed by atoms with van der Waals surface area (Å²) < 4.78 is 5.55. The number of nitrogens with two attached hydrogens (primary N) is 1. The number of benzene rings is 1. The third kappa shape index (κ3) is 2.21. The van der Waals surface area contributed by atoms with Crippen molar-refractivity contribution in [1.82, 2.24) is 10.1 Å². The number of hydrogen-bond donors (Lipinski definition) is 1. The van der Waals surface area contributed by atoms with Crippen molar-refractivity contribution >= 4 is 22.8 Å². The summed E-state index contributed by atoms with van der Waals surface area (Å²) in [6, 6.07) is 8.08. The average Bonchev–Trinajstić information content (AvgIpc) is 2.65. The standard InChI is InChI=1S/C10H12AsN3O/c1-6(11)7-2-4-8(5-3-7)9-13-10(12)14-15-9/h2-6H,11H2,1H3,(H2,12,14). The summed E-state index contributed by atoms with van der Waals surface area (Å²) in [4.78, 5) is 3.96. The Labute approximate surface area is 96.4 Å². The van der Waals surface area contributed by atoms with Gasteiger partial charge in [0.15, 0.2) is 0 Å². The van der Waals surface area contributed by atoms with E-state index in [9.17, 15) is 0 Å². The maximum atomic E-state index is 5.38. The van der Waals surface area contributed by atoms with E-state index in [1.807, 2.05) is 12.1 Å². The van der Waals surface area contributed by atoms with Crippen LogP contribution in [0.15, 0.2) is 28.8 Å². The first-order chi connectivity index (χ1) is 7.16. The fourth-order valence-corrected chi connectivity index (χ4v) is 1.75. The Morgan fingerprint density at radius 3 is 2.47 bits per heavy atom. The molecule has 1 aromatic heterocycles. The minimum atomic E-state index is 0.168. The molecule has 0 aliphatic carbocycles. The quantitative estimate of drug-likeness (QED) is 0.823. The molecule has 15 heavy (non-hydrogen) atoms. The number of anilines is 1. The Morgan fingerprint density at radius 2 is 2.00 bits per heavy atom. The average molecular weight is 265 g/mol. The van der Waals surface area contributed by atoms with Gasteiger partial charge in [-0.3, -0.25) is 0 Å². The van der Waals surface area contributed by atoms with Crippen LogP contribution in [0.4, 0.5) is 5.95 Å². The van der Waals surface area contributed by atoms with Crippen LogP contribution in [0.2, 0.25) is 0 Å². The van der Waals surface area contributed by atoms with E-state index in [0.29, 0.717) is 10.6 Å². The van der Waals surface area contributed by atoms with Crippen LogP contribution in [0.5, 0.6) is 0 Å². The van der Waals surface area contributed by atoms with Crippen LogP contribution in [0, 0.1) is 0 Å². The fraction of sp³-hybridized carbons (Fsp3) is 0.200. The van der Waals surface area contributed by atoms with E-state index in [2.05, 4.69) is 29.2 Å². The van der Waals surface area contributed by atoms with Gasteiger partial charge in [0.05, 0.1) is 0 Å². The molecule has 1 aromatic carbocycles. The van der Waals surface area contributed by atoms with Crippen molar-refractivity contribution in [3.8, 4) is 11.5 Å². The Bertz CT molecular complexity index is 450. The molecule has 2 rings (SSSR count). The maximum absolute atomic E-state index is 5.38. The Kier molecular flexibility index (Phi) is 2.78. The van der Waals surface area contributed by atoms with Crippen molar-refractivity contribution in [2.24, 2.45) is 0 Å². The van der Waals surface area contributed by atoms with E-state index in [1.165, 1.54) is 5.56 Å². The first kappa shape index (κ1) is 10.2. The van der Waals surface area contributed by atoms with Crippen LogP contribution in [-0.2, 0) is 0 Å². The molecule has 2 aromatic rings. The van der Waals surface area contributed by atoms with E-state index < -0.39 is 0 Å². The Hall–Kier alpha value is -1.28. The van der Waals surface area contributed by atoms with Gasteiger partial charge in [0.1, 0.15) is 0 Å². The molecule has 2 N–H and O–H groups in total. The van der Waals surface area contributed by atoms with Crippen molar-refractivity contribution < 1.29 is 4.52 Å². The van der Waals surface area contributed by atoms with Crippen LogP contribution in [0.1, 0.15) is 17.2 Å².